The SMILES string of the molecule is CCCSP(=S)(OCC)OCC. The summed E-state index contributed by atoms with van der Waals surface area (Å²) in [6, 6.07) is 0. The van der Waals surface area contributed by atoms with Crippen molar-refractivity contribution in [2.45, 2.75) is 27.2 Å². The molecule has 0 saturated heterocycles. The van der Waals surface area contributed by atoms with Crippen LogP contribution < -0.4 is 0 Å². The fourth-order valence-corrected chi connectivity index (χ4v) is 5.49. The van der Waals surface area contributed by atoms with E-state index < -0.39 is 5.69 Å². The normalized spacial score (nSPS) is 11.9. The highest BCUT2D eigenvalue weighted by atomic mass is 32.9. The standard InChI is InChI=1S/C7H17O2PS2/c1-4-7-12-10(11,8-5-2)9-6-3/h4-7H2,1-3H3. The maximum absolute atomic E-state index is 5.44. The van der Waals surface area contributed by atoms with Gasteiger partial charge in [0, 0.05) is 5.75 Å². The molecule has 0 radical (unpaired) electrons. The highest BCUT2D eigenvalue weighted by Crippen LogP contribution is 2.60. The van der Waals surface area contributed by atoms with Crippen LogP contribution in [0.4, 0.5) is 0 Å². The second kappa shape index (κ2) is 7.34. The van der Waals surface area contributed by atoms with E-state index in [0.717, 1.165) is 12.2 Å². The van der Waals surface area contributed by atoms with Crippen LogP contribution in [0.1, 0.15) is 27.2 Å². The zero-order valence-electron chi connectivity index (χ0n) is 7.91. The van der Waals surface area contributed by atoms with Gasteiger partial charge in [-0.05, 0) is 32.1 Å². The first-order valence-corrected chi connectivity index (χ1v) is 8.45. The molecule has 0 unspecified atom stereocenters. The van der Waals surface area contributed by atoms with E-state index in [-0.39, 0.29) is 0 Å². The van der Waals surface area contributed by atoms with Crippen LogP contribution in [-0.2, 0) is 20.9 Å². The van der Waals surface area contributed by atoms with E-state index in [1.807, 2.05) is 13.8 Å². The molecule has 0 aromatic rings. The Labute approximate surface area is 84.3 Å². The first-order valence-electron chi connectivity index (χ1n) is 4.22. The molecule has 2 nitrogen and oxygen atoms in total. The van der Waals surface area contributed by atoms with Gasteiger partial charge in [-0.1, -0.05) is 18.3 Å². The molecule has 0 aromatic heterocycles. The average molecular weight is 228 g/mol. The Hall–Kier alpha value is 0.920. The molecule has 0 rings (SSSR count). The first-order chi connectivity index (χ1) is 5.68. The minimum Gasteiger partial charge on any atom is -0.322 e. The Balaban J connectivity index is 3.90. The maximum atomic E-state index is 5.44. The lowest BCUT2D eigenvalue weighted by molar-refractivity contribution is 0.280. The molecule has 0 fully saturated rings. The summed E-state index contributed by atoms with van der Waals surface area (Å²) in [6.45, 7) is 7.33. The van der Waals surface area contributed by atoms with E-state index in [1.54, 1.807) is 11.4 Å². The van der Waals surface area contributed by atoms with Crippen LogP contribution in [0.5, 0.6) is 0 Å². The summed E-state index contributed by atoms with van der Waals surface area (Å²) in [7, 11) is 0. The molecular weight excluding hydrogens is 211 g/mol. The van der Waals surface area contributed by atoms with Crippen molar-refractivity contribution in [1.29, 1.82) is 0 Å². The predicted molar refractivity (Wildman–Crippen MR) is 60.3 cm³/mol. The van der Waals surface area contributed by atoms with Crippen LogP contribution >= 0.6 is 17.1 Å². The van der Waals surface area contributed by atoms with E-state index in [1.165, 1.54) is 0 Å². The quantitative estimate of drug-likeness (QED) is 0.621. The van der Waals surface area contributed by atoms with Crippen molar-refractivity contribution in [3.63, 3.8) is 0 Å². The van der Waals surface area contributed by atoms with Crippen LogP contribution in [0.25, 0.3) is 0 Å². The molecule has 0 aliphatic rings. The fraction of sp³-hybridized carbons (Fsp3) is 1.00. The summed E-state index contributed by atoms with van der Waals surface area (Å²) in [4.78, 5) is 0. The van der Waals surface area contributed by atoms with Gasteiger partial charge in [-0.15, -0.1) is 0 Å². The molecule has 0 atom stereocenters. The third-order valence-electron chi connectivity index (χ3n) is 1.03. The van der Waals surface area contributed by atoms with E-state index >= 15 is 0 Å². The second-order valence-electron chi connectivity index (χ2n) is 2.12. The lowest BCUT2D eigenvalue weighted by Crippen LogP contribution is -1.92. The van der Waals surface area contributed by atoms with E-state index in [4.69, 9.17) is 20.9 Å². The Morgan fingerprint density at radius 2 is 1.67 bits per heavy atom. The highest BCUT2D eigenvalue weighted by molar-refractivity contribution is 8.67. The molecule has 0 amide bonds. The van der Waals surface area contributed by atoms with Gasteiger partial charge in [0.2, 0.25) is 5.69 Å². The molecule has 0 aliphatic carbocycles. The number of hydrogen-bond donors (Lipinski definition) is 0. The third-order valence-corrected chi connectivity index (χ3v) is 6.79. The van der Waals surface area contributed by atoms with Gasteiger partial charge in [-0.2, -0.15) is 0 Å². The summed E-state index contributed by atoms with van der Waals surface area (Å²) in [5, 5.41) is 0. The van der Waals surface area contributed by atoms with Gasteiger partial charge in [-0.3, -0.25) is 0 Å². The molecule has 0 saturated carbocycles. The summed E-state index contributed by atoms with van der Waals surface area (Å²) >= 11 is 6.95. The van der Waals surface area contributed by atoms with Crippen molar-refractivity contribution in [3.8, 4) is 0 Å². The summed E-state index contributed by atoms with van der Waals surface area (Å²) in [5.41, 5.74) is -1.99. The molecule has 0 bridgehead atoms. The van der Waals surface area contributed by atoms with Crippen molar-refractivity contribution in [2.75, 3.05) is 19.0 Å². The molecular formula is C7H17O2PS2. The molecule has 0 heterocycles. The predicted octanol–water partition coefficient (Wildman–Crippen LogP) is 3.43. The van der Waals surface area contributed by atoms with Crippen LogP contribution in [0.15, 0.2) is 0 Å². The van der Waals surface area contributed by atoms with Crippen LogP contribution in [0.2, 0.25) is 0 Å². The summed E-state index contributed by atoms with van der Waals surface area (Å²) in [6.07, 6.45) is 1.11. The fourth-order valence-electron chi connectivity index (χ4n) is 0.631. The maximum Gasteiger partial charge on any atom is 0.247 e. The molecule has 0 aromatic carbocycles. The molecule has 74 valence electrons. The molecule has 0 aliphatic heterocycles. The van der Waals surface area contributed by atoms with Crippen molar-refractivity contribution >= 4 is 28.9 Å². The lowest BCUT2D eigenvalue weighted by Gasteiger charge is -2.19. The lowest BCUT2D eigenvalue weighted by atomic mass is 10.6. The Bertz CT molecular complexity index is 142. The van der Waals surface area contributed by atoms with Crippen LogP contribution in [0.3, 0.4) is 0 Å². The van der Waals surface area contributed by atoms with Crippen molar-refractivity contribution in [3.05, 3.63) is 0 Å². The minimum absolute atomic E-state index is 0.647. The largest absolute Gasteiger partial charge is 0.322 e. The minimum atomic E-state index is -1.99. The van der Waals surface area contributed by atoms with Gasteiger partial charge < -0.3 is 9.05 Å². The number of hydrogen-bond acceptors (Lipinski definition) is 4. The number of rotatable bonds is 7. The zero-order chi connectivity index (χ0) is 9.45. The van der Waals surface area contributed by atoms with Gasteiger partial charge in [0.1, 0.15) is 0 Å². The van der Waals surface area contributed by atoms with E-state index in [0.29, 0.717) is 13.2 Å². The van der Waals surface area contributed by atoms with Crippen molar-refractivity contribution < 1.29 is 9.05 Å². The topological polar surface area (TPSA) is 18.5 Å². The Kier molecular flexibility index (Phi) is 7.90. The average Bonchev–Trinajstić information content (AvgIpc) is 2.02. The Morgan fingerprint density at radius 3 is 2.00 bits per heavy atom. The third kappa shape index (κ3) is 5.55. The smallest absolute Gasteiger partial charge is 0.247 e. The van der Waals surface area contributed by atoms with E-state index in [9.17, 15) is 0 Å². The van der Waals surface area contributed by atoms with Gasteiger partial charge in [0.25, 0.3) is 0 Å². The molecule has 0 N–H and O–H groups in total. The summed E-state index contributed by atoms with van der Waals surface area (Å²) in [5.74, 6) is 1.03. The van der Waals surface area contributed by atoms with Crippen molar-refractivity contribution in [2.24, 2.45) is 0 Å². The van der Waals surface area contributed by atoms with Gasteiger partial charge >= 0.3 is 0 Å². The molecule has 0 spiro atoms. The van der Waals surface area contributed by atoms with Crippen molar-refractivity contribution in [1.82, 2.24) is 0 Å². The highest BCUT2D eigenvalue weighted by Gasteiger charge is 2.17. The Morgan fingerprint density at radius 1 is 1.17 bits per heavy atom. The van der Waals surface area contributed by atoms with Gasteiger partial charge in [0.15, 0.2) is 0 Å². The molecule has 12 heavy (non-hydrogen) atoms. The van der Waals surface area contributed by atoms with Crippen LogP contribution in [0, 0.1) is 0 Å². The van der Waals surface area contributed by atoms with E-state index in [2.05, 4.69) is 6.92 Å². The first kappa shape index (κ1) is 12.9. The molecule has 5 heteroatoms. The zero-order valence-corrected chi connectivity index (χ0v) is 10.4. The monoisotopic (exact) mass is 228 g/mol. The van der Waals surface area contributed by atoms with Gasteiger partial charge in [-0.25, -0.2) is 0 Å². The van der Waals surface area contributed by atoms with Crippen LogP contribution in [-0.4, -0.2) is 19.0 Å². The summed E-state index contributed by atoms with van der Waals surface area (Å²) < 4.78 is 10.9. The second-order valence-corrected chi connectivity index (χ2v) is 8.55. The van der Waals surface area contributed by atoms with Gasteiger partial charge in [0.05, 0.1) is 13.2 Å².